The van der Waals surface area contributed by atoms with Gasteiger partial charge in [-0.15, -0.1) is 0 Å². The molecule has 1 amide bonds. The van der Waals surface area contributed by atoms with Crippen LogP contribution < -0.4 is 5.32 Å². The van der Waals surface area contributed by atoms with Gasteiger partial charge in [-0.05, 0) is 45.0 Å². The maximum atomic E-state index is 12.3. The van der Waals surface area contributed by atoms with Crippen molar-refractivity contribution < 1.29 is 4.79 Å². The van der Waals surface area contributed by atoms with Gasteiger partial charge in [0.25, 0.3) is 5.91 Å². The van der Waals surface area contributed by atoms with Crippen LogP contribution in [0.4, 0.5) is 5.69 Å². The predicted molar refractivity (Wildman–Crippen MR) is 86.0 cm³/mol. The van der Waals surface area contributed by atoms with Gasteiger partial charge in [0.1, 0.15) is 11.6 Å². The fraction of sp³-hybridized carbons (Fsp3) is 0.188. The highest BCUT2D eigenvalue weighted by Gasteiger charge is 2.11. The molecule has 23 heavy (non-hydrogen) atoms. The summed E-state index contributed by atoms with van der Waals surface area (Å²) in [5.41, 5.74) is 2.68. The minimum absolute atomic E-state index is 0.232. The number of amides is 1. The van der Waals surface area contributed by atoms with Crippen LogP contribution in [0.15, 0.2) is 30.5 Å². The second kappa shape index (κ2) is 5.96. The third kappa shape index (κ3) is 3.23. The van der Waals surface area contributed by atoms with E-state index >= 15 is 0 Å². The molecular formula is C16H16N6O. The Labute approximate surface area is 133 Å². The van der Waals surface area contributed by atoms with E-state index in [0.29, 0.717) is 28.6 Å². The molecule has 0 fully saturated rings. The maximum absolute atomic E-state index is 12.3. The molecule has 7 heteroatoms. The molecule has 2 N–H and O–H groups in total. The fourth-order valence-corrected chi connectivity index (χ4v) is 2.18. The highest BCUT2D eigenvalue weighted by Crippen LogP contribution is 2.18. The largest absolute Gasteiger partial charge is 0.322 e. The fourth-order valence-electron chi connectivity index (χ4n) is 2.18. The Balaban J connectivity index is 1.76. The highest BCUT2D eigenvalue weighted by molar-refractivity contribution is 6.04. The lowest BCUT2D eigenvalue weighted by Gasteiger charge is -2.07. The zero-order chi connectivity index (χ0) is 16.4. The minimum atomic E-state index is -0.232. The number of carbonyl (C=O) groups is 1. The predicted octanol–water partition coefficient (Wildman–Crippen LogP) is 2.44. The molecule has 2 heterocycles. The summed E-state index contributed by atoms with van der Waals surface area (Å²) in [7, 11) is 0. The van der Waals surface area contributed by atoms with E-state index in [9.17, 15) is 4.79 Å². The van der Waals surface area contributed by atoms with Crippen LogP contribution in [0, 0.1) is 20.8 Å². The van der Waals surface area contributed by atoms with E-state index < -0.39 is 0 Å². The summed E-state index contributed by atoms with van der Waals surface area (Å²) in [5.74, 6) is 1.80. The molecule has 0 unspecified atom stereocenters. The first-order chi connectivity index (χ1) is 11.0. The number of anilines is 1. The van der Waals surface area contributed by atoms with E-state index in [1.54, 1.807) is 13.8 Å². The molecule has 7 nitrogen and oxygen atoms in total. The monoisotopic (exact) mass is 308 g/mol. The third-order valence-corrected chi connectivity index (χ3v) is 3.34. The summed E-state index contributed by atoms with van der Waals surface area (Å²) in [6.07, 6.45) is 1.54. The van der Waals surface area contributed by atoms with Gasteiger partial charge >= 0.3 is 0 Å². The summed E-state index contributed by atoms with van der Waals surface area (Å²) in [6, 6.07) is 7.33. The summed E-state index contributed by atoms with van der Waals surface area (Å²) >= 11 is 0. The molecule has 0 saturated carbocycles. The number of nitrogens with one attached hydrogen (secondary N) is 2. The van der Waals surface area contributed by atoms with Gasteiger partial charge in [-0.2, -0.15) is 5.10 Å². The zero-order valence-electron chi connectivity index (χ0n) is 13.1. The number of nitrogens with zero attached hydrogens (tertiary/aromatic N) is 4. The van der Waals surface area contributed by atoms with Crippen molar-refractivity contribution in [3.63, 3.8) is 0 Å². The average molecular weight is 308 g/mol. The van der Waals surface area contributed by atoms with E-state index in [-0.39, 0.29) is 5.91 Å². The molecule has 3 aromatic rings. The van der Waals surface area contributed by atoms with Crippen LogP contribution in [0.5, 0.6) is 0 Å². The summed E-state index contributed by atoms with van der Waals surface area (Å²) in [5, 5.41) is 9.74. The molecule has 0 aliphatic heterocycles. The van der Waals surface area contributed by atoms with Crippen molar-refractivity contribution in [3.8, 4) is 11.4 Å². The molecule has 0 aliphatic carbocycles. The number of aromatic amines is 1. The Bertz CT molecular complexity index is 853. The lowest BCUT2D eigenvalue weighted by molar-refractivity contribution is 0.102. The number of rotatable bonds is 3. The average Bonchev–Trinajstić information content (AvgIpc) is 2.94. The molecule has 0 aliphatic rings. The van der Waals surface area contributed by atoms with Gasteiger partial charge in [-0.1, -0.05) is 0 Å². The second-order valence-electron chi connectivity index (χ2n) is 5.19. The van der Waals surface area contributed by atoms with Crippen molar-refractivity contribution in [1.82, 2.24) is 25.1 Å². The van der Waals surface area contributed by atoms with Crippen LogP contribution in [-0.4, -0.2) is 31.1 Å². The molecular weight excluding hydrogens is 292 g/mol. The van der Waals surface area contributed by atoms with Crippen molar-refractivity contribution in [2.75, 3.05) is 5.32 Å². The molecule has 2 aromatic heterocycles. The normalized spacial score (nSPS) is 10.6. The molecule has 0 spiro atoms. The third-order valence-electron chi connectivity index (χ3n) is 3.34. The lowest BCUT2D eigenvalue weighted by Crippen LogP contribution is -2.15. The van der Waals surface area contributed by atoms with Crippen molar-refractivity contribution in [1.29, 1.82) is 0 Å². The summed E-state index contributed by atoms with van der Waals surface area (Å²) in [6.45, 7) is 5.42. The van der Waals surface area contributed by atoms with Gasteiger partial charge < -0.3 is 5.32 Å². The van der Waals surface area contributed by atoms with Gasteiger partial charge in [-0.25, -0.2) is 15.0 Å². The first-order valence-corrected chi connectivity index (χ1v) is 7.14. The standard InChI is InChI=1S/C16H16N6O/c1-9-14(8-17-10(2)18-9)16(23)20-13-6-4-12(5-7-13)15-19-11(3)21-22-15/h4-8H,1-3H3,(H,20,23)(H,19,21,22). The van der Waals surface area contributed by atoms with E-state index in [4.69, 9.17) is 0 Å². The van der Waals surface area contributed by atoms with Crippen LogP contribution in [0.25, 0.3) is 11.4 Å². The summed E-state index contributed by atoms with van der Waals surface area (Å²) in [4.78, 5) is 24.8. The Kier molecular flexibility index (Phi) is 3.84. The molecule has 3 rings (SSSR count). The molecule has 0 radical (unpaired) electrons. The lowest BCUT2D eigenvalue weighted by atomic mass is 10.2. The van der Waals surface area contributed by atoms with Gasteiger partial charge in [-0.3, -0.25) is 9.89 Å². The quantitative estimate of drug-likeness (QED) is 0.774. The molecule has 0 bridgehead atoms. The Morgan fingerprint density at radius 3 is 2.43 bits per heavy atom. The Morgan fingerprint density at radius 1 is 1.09 bits per heavy atom. The van der Waals surface area contributed by atoms with E-state index in [1.165, 1.54) is 6.20 Å². The minimum Gasteiger partial charge on any atom is -0.322 e. The number of hydrogen-bond acceptors (Lipinski definition) is 5. The molecule has 0 saturated heterocycles. The summed E-state index contributed by atoms with van der Waals surface area (Å²) < 4.78 is 0. The van der Waals surface area contributed by atoms with Gasteiger partial charge in [0, 0.05) is 17.4 Å². The van der Waals surface area contributed by atoms with Crippen molar-refractivity contribution in [2.24, 2.45) is 0 Å². The van der Waals surface area contributed by atoms with Crippen molar-refractivity contribution in [2.45, 2.75) is 20.8 Å². The molecule has 116 valence electrons. The SMILES string of the molecule is Cc1ncc(C(=O)Nc2ccc(-c3n[nH]c(C)n3)cc2)c(C)n1. The van der Waals surface area contributed by atoms with Gasteiger partial charge in [0.15, 0.2) is 5.82 Å². The first-order valence-electron chi connectivity index (χ1n) is 7.14. The number of benzene rings is 1. The second-order valence-corrected chi connectivity index (χ2v) is 5.19. The number of carbonyl (C=O) groups excluding carboxylic acids is 1. The van der Waals surface area contributed by atoms with Crippen LogP contribution in [0.2, 0.25) is 0 Å². The first kappa shape index (κ1) is 14.8. The molecule has 1 aromatic carbocycles. The number of aryl methyl sites for hydroxylation is 3. The van der Waals surface area contributed by atoms with Crippen molar-refractivity contribution >= 4 is 11.6 Å². The van der Waals surface area contributed by atoms with Crippen LogP contribution >= 0.6 is 0 Å². The number of aromatic nitrogens is 5. The van der Waals surface area contributed by atoms with Gasteiger partial charge in [0.05, 0.1) is 11.3 Å². The Morgan fingerprint density at radius 2 is 1.83 bits per heavy atom. The van der Waals surface area contributed by atoms with E-state index in [1.807, 2.05) is 31.2 Å². The van der Waals surface area contributed by atoms with Crippen LogP contribution in [0.3, 0.4) is 0 Å². The number of H-pyrrole nitrogens is 1. The van der Waals surface area contributed by atoms with Crippen LogP contribution in [0.1, 0.15) is 27.7 Å². The van der Waals surface area contributed by atoms with Gasteiger partial charge in [0.2, 0.25) is 0 Å². The number of hydrogen-bond donors (Lipinski definition) is 2. The maximum Gasteiger partial charge on any atom is 0.259 e. The van der Waals surface area contributed by atoms with E-state index in [0.717, 1.165) is 11.4 Å². The van der Waals surface area contributed by atoms with E-state index in [2.05, 4.69) is 30.5 Å². The zero-order valence-corrected chi connectivity index (χ0v) is 13.1. The Hall–Kier alpha value is -3.09. The topological polar surface area (TPSA) is 96.5 Å². The molecule has 0 atom stereocenters. The van der Waals surface area contributed by atoms with Crippen LogP contribution in [-0.2, 0) is 0 Å². The van der Waals surface area contributed by atoms with Crippen molar-refractivity contribution in [3.05, 3.63) is 53.4 Å². The highest BCUT2D eigenvalue weighted by atomic mass is 16.1. The smallest absolute Gasteiger partial charge is 0.259 e.